The molecule has 1 N–H and O–H groups in total. The van der Waals surface area contributed by atoms with Crippen molar-refractivity contribution in [3.05, 3.63) is 46.0 Å². The second-order valence-electron chi connectivity index (χ2n) is 4.08. The van der Waals surface area contributed by atoms with Gasteiger partial charge in [-0.15, -0.1) is 0 Å². The van der Waals surface area contributed by atoms with Gasteiger partial charge in [0.1, 0.15) is 0 Å². The Morgan fingerprint density at radius 1 is 1.38 bits per heavy atom. The van der Waals surface area contributed by atoms with Crippen LogP contribution in [0.1, 0.15) is 18.9 Å². The molecule has 1 aromatic carbocycles. The van der Waals surface area contributed by atoms with Gasteiger partial charge < -0.3 is 5.11 Å². The zero-order valence-corrected chi connectivity index (χ0v) is 9.37. The second-order valence-corrected chi connectivity index (χ2v) is 4.08. The summed E-state index contributed by atoms with van der Waals surface area (Å²) in [7, 11) is 0. The molecule has 0 aromatic heterocycles. The fourth-order valence-corrected chi connectivity index (χ4v) is 1.60. The number of aryl methyl sites for hydroxylation is 1. The van der Waals surface area contributed by atoms with Crippen molar-refractivity contribution in [3.63, 3.8) is 0 Å². The fourth-order valence-electron chi connectivity index (χ4n) is 1.60. The number of rotatable bonds is 6. The van der Waals surface area contributed by atoms with Gasteiger partial charge >= 0.3 is 0 Å². The maximum Gasteiger partial charge on any atom is 0.208 e. The SMILES string of the molecule is C[C@@H](C[N+](=O)[O-])[C@H](O)CCc1ccccc1. The highest BCUT2D eigenvalue weighted by Gasteiger charge is 2.18. The molecule has 0 aliphatic rings. The number of aliphatic hydroxyl groups excluding tert-OH is 1. The van der Waals surface area contributed by atoms with Crippen LogP contribution in [-0.2, 0) is 6.42 Å². The van der Waals surface area contributed by atoms with E-state index < -0.39 is 6.10 Å². The molecule has 0 fully saturated rings. The highest BCUT2D eigenvalue weighted by Crippen LogP contribution is 2.11. The molecule has 16 heavy (non-hydrogen) atoms. The third-order valence-electron chi connectivity index (χ3n) is 2.67. The van der Waals surface area contributed by atoms with Crippen molar-refractivity contribution in [2.45, 2.75) is 25.9 Å². The van der Waals surface area contributed by atoms with Crippen molar-refractivity contribution >= 4 is 0 Å². The Morgan fingerprint density at radius 3 is 2.56 bits per heavy atom. The van der Waals surface area contributed by atoms with Gasteiger partial charge in [0.05, 0.1) is 6.10 Å². The second kappa shape index (κ2) is 6.23. The minimum atomic E-state index is -0.606. The summed E-state index contributed by atoms with van der Waals surface area (Å²) in [5.74, 6) is -0.293. The maximum atomic E-state index is 10.3. The molecule has 2 atom stereocenters. The van der Waals surface area contributed by atoms with Crippen LogP contribution in [0, 0.1) is 16.0 Å². The smallest absolute Gasteiger partial charge is 0.208 e. The summed E-state index contributed by atoms with van der Waals surface area (Å²) in [6.07, 6.45) is 0.717. The van der Waals surface area contributed by atoms with Crippen LogP contribution >= 0.6 is 0 Å². The topological polar surface area (TPSA) is 63.4 Å². The third kappa shape index (κ3) is 4.40. The minimum absolute atomic E-state index is 0.171. The molecule has 0 aliphatic carbocycles. The van der Waals surface area contributed by atoms with Crippen LogP contribution in [0.25, 0.3) is 0 Å². The molecule has 0 unspecified atom stereocenters. The van der Waals surface area contributed by atoms with Crippen molar-refractivity contribution in [3.8, 4) is 0 Å². The summed E-state index contributed by atoms with van der Waals surface area (Å²) < 4.78 is 0. The zero-order valence-electron chi connectivity index (χ0n) is 9.37. The molecule has 0 spiro atoms. The lowest BCUT2D eigenvalue weighted by Gasteiger charge is -2.14. The van der Waals surface area contributed by atoms with Gasteiger partial charge in [0, 0.05) is 10.8 Å². The molecule has 1 aromatic rings. The summed E-state index contributed by atoms with van der Waals surface area (Å²) in [4.78, 5) is 9.90. The highest BCUT2D eigenvalue weighted by molar-refractivity contribution is 5.14. The first-order valence-electron chi connectivity index (χ1n) is 5.43. The average Bonchev–Trinajstić information content (AvgIpc) is 2.26. The summed E-state index contributed by atoms with van der Waals surface area (Å²) in [6.45, 7) is 1.54. The Hall–Kier alpha value is -1.42. The van der Waals surface area contributed by atoms with E-state index in [0.717, 1.165) is 12.0 Å². The van der Waals surface area contributed by atoms with Gasteiger partial charge in [-0.05, 0) is 18.4 Å². The summed E-state index contributed by atoms with van der Waals surface area (Å²) >= 11 is 0. The Kier molecular flexibility index (Phi) is 4.92. The number of aliphatic hydroxyl groups is 1. The predicted octanol–water partition coefficient (Wildman–Crippen LogP) is 1.89. The minimum Gasteiger partial charge on any atom is -0.393 e. The normalized spacial score (nSPS) is 14.4. The van der Waals surface area contributed by atoms with Crippen molar-refractivity contribution in [2.75, 3.05) is 6.54 Å². The monoisotopic (exact) mass is 223 g/mol. The van der Waals surface area contributed by atoms with E-state index in [2.05, 4.69) is 0 Å². The molecule has 4 nitrogen and oxygen atoms in total. The number of benzene rings is 1. The molecule has 1 rings (SSSR count). The van der Waals surface area contributed by atoms with Gasteiger partial charge in [-0.25, -0.2) is 0 Å². The first kappa shape index (κ1) is 12.6. The molecule has 0 saturated carbocycles. The maximum absolute atomic E-state index is 10.3. The molecule has 0 amide bonds. The summed E-state index contributed by atoms with van der Waals surface area (Å²) in [5.41, 5.74) is 1.15. The molecule has 0 radical (unpaired) electrons. The summed E-state index contributed by atoms with van der Waals surface area (Å²) in [5, 5.41) is 20.0. The van der Waals surface area contributed by atoms with Gasteiger partial charge in [0.25, 0.3) is 0 Å². The van der Waals surface area contributed by atoms with E-state index in [1.807, 2.05) is 30.3 Å². The molecule has 0 saturated heterocycles. The van der Waals surface area contributed by atoms with Crippen molar-refractivity contribution in [1.29, 1.82) is 0 Å². The largest absolute Gasteiger partial charge is 0.393 e. The molecular weight excluding hydrogens is 206 g/mol. The van der Waals surface area contributed by atoms with Crippen LogP contribution in [0.15, 0.2) is 30.3 Å². The van der Waals surface area contributed by atoms with Gasteiger partial charge in [0.2, 0.25) is 6.54 Å². The fraction of sp³-hybridized carbons (Fsp3) is 0.500. The van der Waals surface area contributed by atoms with E-state index in [9.17, 15) is 15.2 Å². The van der Waals surface area contributed by atoms with Crippen molar-refractivity contribution in [1.82, 2.24) is 0 Å². The van der Waals surface area contributed by atoms with Gasteiger partial charge in [-0.2, -0.15) is 0 Å². The lowest BCUT2D eigenvalue weighted by atomic mass is 9.98. The average molecular weight is 223 g/mol. The molecular formula is C12H17NO3. The quantitative estimate of drug-likeness (QED) is 0.591. The Balaban J connectivity index is 2.35. The Morgan fingerprint density at radius 2 is 2.00 bits per heavy atom. The predicted molar refractivity (Wildman–Crippen MR) is 61.8 cm³/mol. The van der Waals surface area contributed by atoms with E-state index in [1.54, 1.807) is 6.92 Å². The Bertz CT molecular complexity index is 326. The van der Waals surface area contributed by atoms with Gasteiger partial charge in [-0.1, -0.05) is 37.3 Å². The first-order valence-corrected chi connectivity index (χ1v) is 5.43. The standard InChI is InChI=1S/C12H17NO3/c1-10(9-13(15)16)12(14)8-7-11-5-3-2-4-6-11/h2-6,10,12,14H,7-9H2,1H3/t10-,12+/m0/s1. The van der Waals surface area contributed by atoms with Crippen LogP contribution in [-0.4, -0.2) is 22.7 Å². The number of nitrogens with zero attached hydrogens (tertiary/aromatic N) is 1. The third-order valence-corrected chi connectivity index (χ3v) is 2.67. The summed E-state index contributed by atoms with van der Waals surface area (Å²) in [6, 6.07) is 9.81. The van der Waals surface area contributed by atoms with Crippen LogP contribution in [0.5, 0.6) is 0 Å². The molecule has 0 bridgehead atoms. The molecule has 88 valence electrons. The van der Waals surface area contributed by atoms with E-state index in [-0.39, 0.29) is 17.4 Å². The number of nitro groups is 1. The molecule has 0 aliphatic heterocycles. The van der Waals surface area contributed by atoms with E-state index in [1.165, 1.54) is 0 Å². The van der Waals surface area contributed by atoms with Gasteiger partial charge in [0.15, 0.2) is 0 Å². The number of hydrogen-bond acceptors (Lipinski definition) is 3. The van der Waals surface area contributed by atoms with Crippen molar-refractivity contribution in [2.24, 2.45) is 5.92 Å². The van der Waals surface area contributed by atoms with Crippen LogP contribution in [0.4, 0.5) is 0 Å². The van der Waals surface area contributed by atoms with E-state index in [0.29, 0.717) is 6.42 Å². The Labute approximate surface area is 95.1 Å². The van der Waals surface area contributed by atoms with Gasteiger partial charge in [-0.3, -0.25) is 10.1 Å². The van der Waals surface area contributed by atoms with E-state index >= 15 is 0 Å². The van der Waals surface area contributed by atoms with Crippen molar-refractivity contribution < 1.29 is 10.0 Å². The highest BCUT2D eigenvalue weighted by atomic mass is 16.6. The zero-order chi connectivity index (χ0) is 12.0. The van der Waals surface area contributed by atoms with E-state index in [4.69, 9.17) is 0 Å². The van der Waals surface area contributed by atoms with Crippen LogP contribution < -0.4 is 0 Å². The first-order chi connectivity index (χ1) is 7.59. The number of hydrogen-bond donors (Lipinski definition) is 1. The van der Waals surface area contributed by atoms with Crippen LogP contribution in [0.3, 0.4) is 0 Å². The molecule has 4 heteroatoms. The molecule has 0 heterocycles. The van der Waals surface area contributed by atoms with Crippen LogP contribution in [0.2, 0.25) is 0 Å². The lowest BCUT2D eigenvalue weighted by Crippen LogP contribution is -2.25. The lowest BCUT2D eigenvalue weighted by molar-refractivity contribution is -0.489.